The Hall–Kier alpha value is -1.64. The molecule has 0 radical (unpaired) electrons. The fourth-order valence-electron chi connectivity index (χ4n) is 2.65. The number of carboxylic acid groups (broad SMARTS) is 1. The van der Waals surface area contributed by atoms with Crippen LogP contribution in [-0.2, 0) is 17.6 Å². The molecule has 1 aromatic rings. The Morgan fingerprint density at radius 3 is 2.47 bits per heavy atom. The lowest BCUT2D eigenvalue weighted by Gasteiger charge is -2.09. The van der Waals surface area contributed by atoms with Crippen LogP contribution in [0.4, 0.5) is 0 Å². The van der Waals surface area contributed by atoms with Gasteiger partial charge in [-0.05, 0) is 49.3 Å². The van der Waals surface area contributed by atoms with E-state index in [9.17, 15) is 9.59 Å². The molecule has 1 saturated carbocycles. The highest BCUT2D eigenvalue weighted by Gasteiger charge is 2.56. The SMILES string of the molecule is O=C(O)C1(C(=O)c2ccc3c(c2)CCC3)CC1. The molecule has 88 valence electrons. The molecule has 0 aromatic heterocycles. The van der Waals surface area contributed by atoms with Crippen molar-refractivity contribution in [3.05, 3.63) is 34.9 Å². The molecular formula is C14H14O3. The molecule has 3 rings (SSSR count). The van der Waals surface area contributed by atoms with E-state index in [1.165, 1.54) is 11.1 Å². The molecule has 0 atom stereocenters. The van der Waals surface area contributed by atoms with Gasteiger partial charge in [0.15, 0.2) is 5.78 Å². The molecule has 0 aliphatic heterocycles. The minimum atomic E-state index is -1.10. The van der Waals surface area contributed by atoms with E-state index >= 15 is 0 Å². The van der Waals surface area contributed by atoms with Crippen molar-refractivity contribution in [2.75, 3.05) is 0 Å². The molecule has 2 aliphatic carbocycles. The van der Waals surface area contributed by atoms with Gasteiger partial charge >= 0.3 is 5.97 Å². The van der Waals surface area contributed by atoms with Crippen molar-refractivity contribution in [3.8, 4) is 0 Å². The molecule has 3 nitrogen and oxygen atoms in total. The predicted molar refractivity (Wildman–Crippen MR) is 62.1 cm³/mol. The Bertz CT molecular complexity index is 512. The first-order valence-electron chi connectivity index (χ1n) is 6.03. The van der Waals surface area contributed by atoms with Crippen LogP contribution in [0.5, 0.6) is 0 Å². The molecule has 2 aliphatic rings. The lowest BCUT2D eigenvalue weighted by Crippen LogP contribution is -2.25. The zero-order valence-electron chi connectivity index (χ0n) is 9.53. The maximum Gasteiger partial charge on any atom is 0.317 e. The van der Waals surface area contributed by atoms with Crippen LogP contribution in [0.25, 0.3) is 0 Å². The molecular weight excluding hydrogens is 216 g/mol. The van der Waals surface area contributed by atoms with E-state index in [4.69, 9.17) is 5.11 Å². The average Bonchev–Trinajstić information content (AvgIpc) is 3.00. The number of fused-ring (bicyclic) bond motifs is 1. The van der Waals surface area contributed by atoms with Gasteiger partial charge in [-0.2, -0.15) is 0 Å². The van der Waals surface area contributed by atoms with Crippen LogP contribution in [0.15, 0.2) is 18.2 Å². The van der Waals surface area contributed by atoms with Crippen LogP contribution in [0, 0.1) is 5.41 Å². The highest BCUT2D eigenvalue weighted by atomic mass is 16.4. The first kappa shape index (κ1) is 10.5. The van der Waals surface area contributed by atoms with Crippen molar-refractivity contribution >= 4 is 11.8 Å². The van der Waals surface area contributed by atoms with E-state index in [-0.39, 0.29) is 5.78 Å². The molecule has 0 bridgehead atoms. The quantitative estimate of drug-likeness (QED) is 0.640. The summed E-state index contributed by atoms with van der Waals surface area (Å²) in [5.74, 6) is -1.18. The van der Waals surface area contributed by atoms with Gasteiger partial charge in [0.05, 0.1) is 0 Å². The van der Waals surface area contributed by atoms with Gasteiger partial charge in [-0.25, -0.2) is 0 Å². The number of ketones is 1. The molecule has 0 spiro atoms. The van der Waals surface area contributed by atoms with Crippen LogP contribution in [0.1, 0.15) is 40.7 Å². The molecule has 17 heavy (non-hydrogen) atoms. The van der Waals surface area contributed by atoms with Gasteiger partial charge in [-0.1, -0.05) is 12.1 Å². The largest absolute Gasteiger partial charge is 0.480 e. The fourth-order valence-corrected chi connectivity index (χ4v) is 2.65. The van der Waals surface area contributed by atoms with Crippen LogP contribution in [0.2, 0.25) is 0 Å². The number of aliphatic carboxylic acids is 1. The first-order chi connectivity index (χ1) is 8.13. The Kier molecular flexibility index (Phi) is 2.12. The summed E-state index contributed by atoms with van der Waals surface area (Å²) < 4.78 is 0. The van der Waals surface area contributed by atoms with Gasteiger partial charge in [0, 0.05) is 5.56 Å². The molecule has 1 aromatic carbocycles. The average molecular weight is 230 g/mol. The van der Waals surface area contributed by atoms with Gasteiger partial charge in [-0.3, -0.25) is 9.59 Å². The molecule has 0 heterocycles. The Balaban J connectivity index is 1.95. The third kappa shape index (κ3) is 1.49. The molecule has 3 heteroatoms. The van der Waals surface area contributed by atoms with Crippen LogP contribution in [0.3, 0.4) is 0 Å². The summed E-state index contributed by atoms with van der Waals surface area (Å²) in [5.41, 5.74) is 2.00. The number of hydrogen-bond acceptors (Lipinski definition) is 2. The number of rotatable bonds is 3. The van der Waals surface area contributed by atoms with Crippen molar-refractivity contribution < 1.29 is 14.7 Å². The zero-order chi connectivity index (χ0) is 12.0. The third-order valence-electron chi connectivity index (χ3n) is 3.95. The molecule has 0 saturated heterocycles. The Labute approximate surface area is 99.5 Å². The molecule has 1 fully saturated rings. The second-order valence-corrected chi connectivity index (χ2v) is 5.05. The first-order valence-corrected chi connectivity index (χ1v) is 6.03. The highest BCUT2D eigenvalue weighted by Crippen LogP contribution is 2.48. The van der Waals surface area contributed by atoms with Crippen LogP contribution in [-0.4, -0.2) is 16.9 Å². The zero-order valence-corrected chi connectivity index (χ0v) is 9.53. The van der Waals surface area contributed by atoms with E-state index in [0.717, 1.165) is 19.3 Å². The highest BCUT2D eigenvalue weighted by molar-refractivity contribution is 6.14. The minimum absolute atomic E-state index is 0.209. The molecule has 0 amide bonds. The van der Waals surface area contributed by atoms with Gasteiger partial charge in [0.25, 0.3) is 0 Å². The van der Waals surface area contributed by atoms with Crippen molar-refractivity contribution in [2.45, 2.75) is 32.1 Å². The number of carboxylic acids is 1. The van der Waals surface area contributed by atoms with Gasteiger partial charge in [0.1, 0.15) is 5.41 Å². The van der Waals surface area contributed by atoms with Crippen molar-refractivity contribution in [1.82, 2.24) is 0 Å². The number of carbonyl (C=O) groups is 2. The number of benzene rings is 1. The summed E-state index contributed by atoms with van der Waals surface area (Å²) in [4.78, 5) is 23.3. The lowest BCUT2D eigenvalue weighted by molar-refractivity contribution is -0.141. The summed E-state index contributed by atoms with van der Waals surface area (Å²) in [6.45, 7) is 0. The van der Waals surface area contributed by atoms with E-state index in [1.807, 2.05) is 12.1 Å². The van der Waals surface area contributed by atoms with E-state index in [0.29, 0.717) is 18.4 Å². The number of aryl methyl sites for hydroxylation is 2. The summed E-state index contributed by atoms with van der Waals surface area (Å²) in [6, 6.07) is 5.66. The molecule has 0 unspecified atom stereocenters. The molecule has 1 N–H and O–H groups in total. The fraction of sp³-hybridized carbons (Fsp3) is 0.429. The topological polar surface area (TPSA) is 54.4 Å². The van der Waals surface area contributed by atoms with E-state index < -0.39 is 11.4 Å². The van der Waals surface area contributed by atoms with Crippen molar-refractivity contribution in [3.63, 3.8) is 0 Å². The van der Waals surface area contributed by atoms with Crippen molar-refractivity contribution in [2.24, 2.45) is 5.41 Å². The smallest absolute Gasteiger partial charge is 0.317 e. The standard InChI is InChI=1S/C14H14O3/c15-12(14(6-7-14)13(16)17)11-5-4-9-2-1-3-10(9)8-11/h4-5,8H,1-3,6-7H2,(H,16,17). The van der Waals surface area contributed by atoms with Crippen molar-refractivity contribution in [1.29, 1.82) is 0 Å². The number of hydrogen-bond donors (Lipinski definition) is 1. The second-order valence-electron chi connectivity index (χ2n) is 5.05. The summed E-state index contributed by atoms with van der Waals surface area (Å²) in [6.07, 6.45) is 4.19. The van der Waals surface area contributed by atoms with Gasteiger partial charge < -0.3 is 5.11 Å². The third-order valence-corrected chi connectivity index (χ3v) is 3.95. The summed E-state index contributed by atoms with van der Waals surface area (Å²) in [5, 5.41) is 9.11. The lowest BCUT2D eigenvalue weighted by atomic mass is 9.93. The predicted octanol–water partition coefficient (Wildman–Crippen LogP) is 2.22. The van der Waals surface area contributed by atoms with Gasteiger partial charge in [-0.15, -0.1) is 0 Å². The number of carbonyl (C=O) groups excluding carboxylic acids is 1. The van der Waals surface area contributed by atoms with Gasteiger partial charge in [0.2, 0.25) is 0 Å². The second kappa shape index (κ2) is 3.42. The maximum absolute atomic E-state index is 12.2. The Morgan fingerprint density at radius 2 is 1.82 bits per heavy atom. The monoisotopic (exact) mass is 230 g/mol. The summed E-state index contributed by atoms with van der Waals surface area (Å²) >= 11 is 0. The minimum Gasteiger partial charge on any atom is -0.480 e. The Morgan fingerprint density at radius 1 is 1.12 bits per heavy atom. The number of Topliss-reactive ketones (excluding diaryl/α,β-unsaturated/α-hetero) is 1. The maximum atomic E-state index is 12.2. The van der Waals surface area contributed by atoms with Crippen LogP contribution >= 0.6 is 0 Å². The normalized spacial score (nSPS) is 19.8. The van der Waals surface area contributed by atoms with E-state index in [2.05, 4.69) is 0 Å². The van der Waals surface area contributed by atoms with Crippen LogP contribution < -0.4 is 0 Å². The summed E-state index contributed by atoms with van der Waals surface area (Å²) in [7, 11) is 0. The van der Waals surface area contributed by atoms with E-state index in [1.54, 1.807) is 6.07 Å².